The summed E-state index contributed by atoms with van der Waals surface area (Å²) in [5.41, 5.74) is 0.388. The predicted octanol–water partition coefficient (Wildman–Crippen LogP) is 3.09. The van der Waals surface area contributed by atoms with Crippen LogP contribution in [0.25, 0.3) is 0 Å². The van der Waals surface area contributed by atoms with Gasteiger partial charge in [0.05, 0.1) is 5.56 Å². The normalized spacial score (nSPS) is 9.89. The van der Waals surface area contributed by atoms with Gasteiger partial charge in [0.15, 0.2) is 0 Å². The zero-order valence-electron chi connectivity index (χ0n) is 10.9. The maximum Gasteiger partial charge on any atom is 0.417 e. The molecule has 4 nitrogen and oxygen atoms in total. The summed E-state index contributed by atoms with van der Waals surface area (Å²) < 4.78 is 4.85. The minimum Gasteiger partial charge on any atom is -0.372 e. The largest absolute Gasteiger partial charge is 0.417 e. The average Bonchev–Trinajstić information content (AvgIpc) is 2.39. The molecule has 1 aromatic rings. The lowest BCUT2D eigenvalue weighted by atomic mass is 10.2. The van der Waals surface area contributed by atoms with Crippen LogP contribution in [-0.2, 0) is 4.74 Å². The van der Waals surface area contributed by atoms with Gasteiger partial charge in [-0.15, -0.1) is 0 Å². The second-order valence-corrected chi connectivity index (χ2v) is 4.01. The first-order valence-corrected chi connectivity index (χ1v) is 6.25. The molecule has 18 heavy (non-hydrogen) atoms. The van der Waals surface area contributed by atoms with Crippen LogP contribution in [0.5, 0.6) is 0 Å². The van der Waals surface area contributed by atoms with E-state index in [1.165, 1.54) is 0 Å². The van der Waals surface area contributed by atoms with E-state index in [1.807, 2.05) is 13.8 Å². The van der Waals surface area contributed by atoms with Crippen LogP contribution in [0.4, 0.5) is 4.79 Å². The maximum absolute atomic E-state index is 11.8. The fourth-order valence-electron chi connectivity index (χ4n) is 1.61. The number of nitrogens with zero attached hydrogens (tertiary/aromatic N) is 1. The van der Waals surface area contributed by atoms with Gasteiger partial charge in [-0.1, -0.05) is 32.0 Å². The summed E-state index contributed by atoms with van der Waals surface area (Å²) in [6.45, 7) is 5.17. The molecule has 0 bridgehead atoms. The van der Waals surface area contributed by atoms with Gasteiger partial charge in [0, 0.05) is 13.1 Å². The first kappa shape index (κ1) is 14.2. The fraction of sp³-hybridized carbons (Fsp3) is 0.429. The summed E-state index contributed by atoms with van der Waals surface area (Å²) in [4.78, 5) is 25.0. The number of hydrogen-bond acceptors (Lipinski definition) is 3. The van der Waals surface area contributed by atoms with Crippen molar-refractivity contribution in [3.8, 4) is 0 Å². The molecule has 0 unspecified atom stereocenters. The van der Waals surface area contributed by atoms with Crippen molar-refractivity contribution < 1.29 is 14.3 Å². The average molecular weight is 249 g/mol. The number of carbonyl (C=O) groups excluding carboxylic acids is 2. The van der Waals surface area contributed by atoms with Crippen molar-refractivity contribution in [1.29, 1.82) is 0 Å². The highest BCUT2D eigenvalue weighted by molar-refractivity contribution is 5.96. The molecule has 0 radical (unpaired) electrons. The van der Waals surface area contributed by atoms with Gasteiger partial charge in [-0.2, -0.15) is 0 Å². The number of hydrogen-bond donors (Lipinski definition) is 0. The van der Waals surface area contributed by atoms with Gasteiger partial charge in [-0.05, 0) is 25.0 Å². The Morgan fingerprint density at radius 1 is 1.06 bits per heavy atom. The van der Waals surface area contributed by atoms with E-state index in [4.69, 9.17) is 4.74 Å². The van der Waals surface area contributed by atoms with E-state index in [-0.39, 0.29) is 0 Å². The van der Waals surface area contributed by atoms with Gasteiger partial charge in [-0.25, -0.2) is 9.59 Å². The number of amides is 1. The lowest BCUT2D eigenvalue weighted by molar-refractivity contribution is 0.0541. The van der Waals surface area contributed by atoms with Crippen molar-refractivity contribution in [2.24, 2.45) is 0 Å². The van der Waals surface area contributed by atoms with Gasteiger partial charge >= 0.3 is 12.1 Å². The van der Waals surface area contributed by atoms with Crippen LogP contribution in [0.2, 0.25) is 0 Å². The van der Waals surface area contributed by atoms with Crippen molar-refractivity contribution in [3.63, 3.8) is 0 Å². The summed E-state index contributed by atoms with van der Waals surface area (Å²) in [6, 6.07) is 8.52. The lowest BCUT2D eigenvalue weighted by Crippen LogP contribution is -2.34. The second-order valence-electron chi connectivity index (χ2n) is 4.01. The minimum absolute atomic E-state index is 0.388. The molecular formula is C14H19NO3. The van der Waals surface area contributed by atoms with E-state index in [9.17, 15) is 9.59 Å². The van der Waals surface area contributed by atoms with E-state index in [2.05, 4.69) is 0 Å². The number of benzene rings is 1. The highest BCUT2D eigenvalue weighted by Gasteiger charge is 2.18. The molecule has 1 amide bonds. The van der Waals surface area contributed by atoms with Gasteiger partial charge in [0.2, 0.25) is 0 Å². The molecule has 0 heterocycles. The monoisotopic (exact) mass is 249 g/mol. The molecule has 0 aliphatic rings. The summed E-state index contributed by atoms with van der Waals surface area (Å²) in [7, 11) is 0. The summed E-state index contributed by atoms with van der Waals surface area (Å²) in [5, 5.41) is 0. The molecule has 0 aliphatic carbocycles. The third-order valence-corrected chi connectivity index (χ3v) is 2.43. The van der Waals surface area contributed by atoms with Crippen LogP contribution in [0.1, 0.15) is 37.0 Å². The number of carbonyl (C=O) groups is 2. The van der Waals surface area contributed by atoms with Gasteiger partial charge in [0.1, 0.15) is 0 Å². The van der Waals surface area contributed by atoms with Crippen LogP contribution in [0.15, 0.2) is 30.3 Å². The van der Waals surface area contributed by atoms with Crippen LogP contribution >= 0.6 is 0 Å². The molecule has 0 saturated carbocycles. The van der Waals surface area contributed by atoms with E-state index in [0.717, 1.165) is 12.8 Å². The molecule has 4 heteroatoms. The Kier molecular flexibility index (Phi) is 5.91. The Balaban J connectivity index is 2.60. The molecule has 0 aliphatic heterocycles. The Morgan fingerprint density at radius 2 is 1.61 bits per heavy atom. The number of ether oxygens (including phenoxy) is 1. The van der Waals surface area contributed by atoms with Crippen molar-refractivity contribution in [2.45, 2.75) is 26.7 Å². The van der Waals surface area contributed by atoms with Crippen molar-refractivity contribution in [1.82, 2.24) is 4.90 Å². The molecule has 0 aromatic heterocycles. The number of rotatable bonds is 5. The van der Waals surface area contributed by atoms with Crippen molar-refractivity contribution >= 4 is 12.1 Å². The Bertz CT molecular complexity index is 383. The Labute approximate surface area is 108 Å². The summed E-state index contributed by atoms with van der Waals surface area (Å²) >= 11 is 0. The smallest absolute Gasteiger partial charge is 0.372 e. The first-order chi connectivity index (χ1) is 8.69. The van der Waals surface area contributed by atoms with Crippen LogP contribution < -0.4 is 0 Å². The highest BCUT2D eigenvalue weighted by atomic mass is 16.6. The molecule has 0 atom stereocenters. The predicted molar refractivity (Wildman–Crippen MR) is 69.4 cm³/mol. The van der Waals surface area contributed by atoms with Crippen LogP contribution in [0.3, 0.4) is 0 Å². The molecule has 0 spiro atoms. The molecule has 1 aromatic carbocycles. The van der Waals surface area contributed by atoms with Gasteiger partial charge < -0.3 is 9.64 Å². The quantitative estimate of drug-likeness (QED) is 0.595. The van der Waals surface area contributed by atoms with E-state index in [0.29, 0.717) is 18.7 Å². The highest BCUT2D eigenvalue weighted by Crippen LogP contribution is 2.04. The van der Waals surface area contributed by atoms with E-state index >= 15 is 0 Å². The molecule has 0 fully saturated rings. The summed E-state index contributed by atoms with van der Waals surface area (Å²) in [6.07, 6.45) is 1.12. The lowest BCUT2D eigenvalue weighted by Gasteiger charge is -2.19. The topological polar surface area (TPSA) is 46.6 Å². The molecule has 98 valence electrons. The standard InChI is InChI=1S/C14H19NO3/c1-3-10-15(11-4-2)14(17)18-13(16)12-8-6-5-7-9-12/h5-9H,3-4,10-11H2,1-2H3. The first-order valence-electron chi connectivity index (χ1n) is 6.25. The SMILES string of the molecule is CCCN(CCC)C(=O)OC(=O)c1ccccc1. The third kappa shape index (κ3) is 4.20. The van der Waals surface area contributed by atoms with Crippen molar-refractivity contribution in [2.75, 3.05) is 13.1 Å². The number of esters is 1. The van der Waals surface area contributed by atoms with Gasteiger partial charge in [-0.3, -0.25) is 0 Å². The van der Waals surface area contributed by atoms with Crippen molar-refractivity contribution in [3.05, 3.63) is 35.9 Å². The molecule has 0 N–H and O–H groups in total. The zero-order valence-corrected chi connectivity index (χ0v) is 10.9. The van der Waals surface area contributed by atoms with Gasteiger partial charge in [0.25, 0.3) is 0 Å². The molecular weight excluding hydrogens is 230 g/mol. The molecule has 1 rings (SSSR count). The zero-order chi connectivity index (χ0) is 13.4. The van der Waals surface area contributed by atoms with Crippen LogP contribution in [0, 0.1) is 0 Å². The Morgan fingerprint density at radius 3 is 2.11 bits per heavy atom. The molecule has 0 saturated heterocycles. The summed E-state index contributed by atoms with van der Waals surface area (Å²) in [5.74, 6) is -0.599. The van der Waals surface area contributed by atoms with E-state index in [1.54, 1.807) is 35.2 Å². The second kappa shape index (κ2) is 7.48. The minimum atomic E-state index is -0.599. The fourth-order valence-corrected chi connectivity index (χ4v) is 1.61. The van der Waals surface area contributed by atoms with E-state index < -0.39 is 12.1 Å². The maximum atomic E-state index is 11.8. The Hall–Kier alpha value is -1.84. The van der Waals surface area contributed by atoms with Crippen LogP contribution in [-0.4, -0.2) is 30.1 Å². The third-order valence-electron chi connectivity index (χ3n) is 2.43.